The predicted molar refractivity (Wildman–Crippen MR) is 55.0 cm³/mol. The molecular formula is C11H20N. The lowest BCUT2D eigenvalue weighted by Gasteiger charge is -2.25. The van der Waals surface area contributed by atoms with Crippen molar-refractivity contribution in [3.05, 3.63) is 25.3 Å². The summed E-state index contributed by atoms with van der Waals surface area (Å²) in [7, 11) is 0. The molecule has 0 aliphatic rings. The summed E-state index contributed by atoms with van der Waals surface area (Å²) < 4.78 is 0. The average molecular weight is 166 g/mol. The number of unbranched alkanes of at least 4 members (excludes halogenated alkanes) is 1. The van der Waals surface area contributed by atoms with Crippen molar-refractivity contribution in [2.24, 2.45) is 0 Å². The van der Waals surface area contributed by atoms with Crippen LogP contribution in [-0.2, 0) is 0 Å². The molecule has 12 heavy (non-hydrogen) atoms. The van der Waals surface area contributed by atoms with Crippen LogP contribution in [0.3, 0.4) is 0 Å². The molecule has 0 amide bonds. The first-order valence-electron chi connectivity index (χ1n) is 4.65. The van der Waals surface area contributed by atoms with E-state index in [0.717, 1.165) is 32.1 Å². The van der Waals surface area contributed by atoms with E-state index in [9.17, 15) is 0 Å². The molecule has 0 aromatic carbocycles. The summed E-state index contributed by atoms with van der Waals surface area (Å²) in [6.45, 7) is 9.52. The van der Waals surface area contributed by atoms with Crippen molar-refractivity contribution >= 4 is 0 Å². The topological polar surface area (TPSA) is 23.8 Å². The lowest BCUT2D eigenvalue weighted by molar-refractivity contribution is 0.374. The zero-order chi connectivity index (χ0) is 9.45. The summed E-state index contributed by atoms with van der Waals surface area (Å²) in [6, 6.07) is 0. The molecule has 69 valence electrons. The van der Waals surface area contributed by atoms with Crippen molar-refractivity contribution in [1.29, 1.82) is 0 Å². The molecule has 0 aromatic heterocycles. The Hall–Kier alpha value is -0.560. The molecule has 0 spiro atoms. The van der Waals surface area contributed by atoms with Gasteiger partial charge in [0.05, 0.1) is 0 Å². The van der Waals surface area contributed by atoms with Gasteiger partial charge in [-0.15, -0.1) is 13.2 Å². The Balaban J connectivity index is 3.96. The van der Waals surface area contributed by atoms with Crippen molar-refractivity contribution in [1.82, 2.24) is 5.73 Å². The number of hydrogen-bond acceptors (Lipinski definition) is 0. The molecule has 1 radical (unpaired) electrons. The summed E-state index contributed by atoms with van der Waals surface area (Å²) in [5, 5.41) is 0. The fraction of sp³-hybridized carbons (Fsp3) is 0.636. The minimum atomic E-state index is -0.334. The van der Waals surface area contributed by atoms with Crippen LogP contribution in [0.5, 0.6) is 0 Å². The van der Waals surface area contributed by atoms with Crippen molar-refractivity contribution in [2.75, 3.05) is 0 Å². The van der Waals surface area contributed by atoms with E-state index in [4.69, 9.17) is 5.73 Å². The quantitative estimate of drug-likeness (QED) is 0.518. The van der Waals surface area contributed by atoms with Crippen LogP contribution in [0.25, 0.3) is 0 Å². The van der Waals surface area contributed by atoms with E-state index in [1.165, 1.54) is 0 Å². The Labute approximate surface area is 76.3 Å². The fourth-order valence-corrected chi connectivity index (χ4v) is 1.36. The van der Waals surface area contributed by atoms with Gasteiger partial charge in [0.15, 0.2) is 0 Å². The zero-order valence-electron chi connectivity index (χ0n) is 8.10. The average Bonchev–Trinajstić information content (AvgIpc) is 2.02. The molecule has 0 unspecified atom stereocenters. The maximum absolute atomic E-state index is 8.08. The molecule has 0 rings (SSSR count). The SMILES string of the molecule is C=CCC([NH])(CC=C)CCCC. The third-order valence-corrected chi connectivity index (χ3v) is 2.08. The molecule has 0 atom stereocenters. The Morgan fingerprint density at radius 1 is 1.25 bits per heavy atom. The molecule has 0 aliphatic carbocycles. The fourth-order valence-electron chi connectivity index (χ4n) is 1.36. The molecule has 0 saturated heterocycles. The molecule has 0 aliphatic heterocycles. The van der Waals surface area contributed by atoms with Crippen LogP contribution in [0.2, 0.25) is 0 Å². The van der Waals surface area contributed by atoms with Crippen LogP contribution < -0.4 is 5.73 Å². The highest BCUT2D eigenvalue weighted by atomic mass is 14.7. The van der Waals surface area contributed by atoms with Crippen LogP contribution in [0.4, 0.5) is 0 Å². The lowest BCUT2D eigenvalue weighted by atomic mass is 9.87. The Morgan fingerprint density at radius 2 is 1.75 bits per heavy atom. The molecular weight excluding hydrogens is 146 g/mol. The molecule has 1 heteroatoms. The summed E-state index contributed by atoms with van der Waals surface area (Å²) >= 11 is 0. The van der Waals surface area contributed by atoms with E-state index in [1.807, 2.05) is 12.2 Å². The van der Waals surface area contributed by atoms with Gasteiger partial charge in [0.1, 0.15) is 0 Å². The van der Waals surface area contributed by atoms with Crippen LogP contribution in [-0.4, -0.2) is 5.54 Å². The minimum Gasteiger partial charge on any atom is -0.251 e. The van der Waals surface area contributed by atoms with Crippen molar-refractivity contribution in [3.8, 4) is 0 Å². The second-order valence-corrected chi connectivity index (χ2v) is 3.37. The second kappa shape index (κ2) is 6.01. The first-order valence-corrected chi connectivity index (χ1v) is 4.65. The zero-order valence-corrected chi connectivity index (χ0v) is 8.10. The molecule has 1 nitrogen and oxygen atoms in total. The van der Waals surface area contributed by atoms with Gasteiger partial charge in [-0.2, -0.15) is 0 Å². The Bertz CT molecular complexity index is 128. The summed E-state index contributed by atoms with van der Waals surface area (Å²) in [5.74, 6) is 0. The van der Waals surface area contributed by atoms with Crippen LogP contribution >= 0.6 is 0 Å². The van der Waals surface area contributed by atoms with Gasteiger partial charge < -0.3 is 0 Å². The van der Waals surface area contributed by atoms with Gasteiger partial charge >= 0.3 is 0 Å². The monoisotopic (exact) mass is 166 g/mol. The van der Waals surface area contributed by atoms with Crippen molar-refractivity contribution < 1.29 is 0 Å². The molecule has 0 aromatic rings. The van der Waals surface area contributed by atoms with E-state index in [-0.39, 0.29) is 5.54 Å². The molecule has 0 heterocycles. The van der Waals surface area contributed by atoms with Crippen LogP contribution in [0, 0.1) is 0 Å². The minimum absolute atomic E-state index is 0.334. The summed E-state index contributed by atoms with van der Waals surface area (Å²) in [4.78, 5) is 0. The van der Waals surface area contributed by atoms with E-state index in [1.54, 1.807) is 0 Å². The maximum atomic E-state index is 8.08. The van der Waals surface area contributed by atoms with Gasteiger partial charge in [0, 0.05) is 5.54 Å². The van der Waals surface area contributed by atoms with Crippen LogP contribution in [0.1, 0.15) is 39.0 Å². The van der Waals surface area contributed by atoms with Gasteiger partial charge in [0.25, 0.3) is 0 Å². The normalized spacial score (nSPS) is 11.2. The van der Waals surface area contributed by atoms with E-state index < -0.39 is 0 Å². The van der Waals surface area contributed by atoms with Crippen molar-refractivity contribution in [3.63, 3.8) is 0 Å². The maximum Gasteiger partial charge on any atom is 0.0392 e. The molecule has 0 fully saturated rings. The summed E-state index contributed by atoms with van der Waals surface area (Å²) in [6.07, 6.45) is 8.48. The van der Waals surface area contributed by atoms with Gasteiger partial charge in [-0.3, -0.25) is 5.73 Å². The highest BCUT2D eigenvalue weighted by molar-refractivity contribution is 4.94. The molecule has 1 N–H and O–H groups in total. The smallest absolute Gasteiger partial charge is 0.0392 e. The third-order valence-electron chi connectivity index (χ3n) is 2.08. The largest absolute Gasteiger partial charge is 0.251 e. The van der Waals surface area contributed by atoms with Gasteiger partial charge in [0.2, 0.25) is 0 Å². The first kappa shape index (κ1) is 11.4. The standard InChI is InChI=1S/C11H20N/c1-4-7-10-11(12,8-5-2)9-6-3/h5-6,12H,2-4,7-10H2,1H3. The predicted octanol–water partition coefficient (Wildman–Crippen LogP) is 3.35. The summed E-state index contributed by atoms with van der Waals surface area (Å²) in [5.41, 5.74) is 7.75. The number of rotatable bonds is 7. The van der Waals surface area contributed by atoms with Gasteiger partial charge in [-0.05, 0) is 19.3 Å². The van der Waals surface area contributed by atoms with Gasteiger partial charge in [-0.1, -0.05) is 31.9 Å². The second-order valence-electron chi connectivity index (χ2n) is 3.37. The highest BCUT2D eigenvalue weighted by Gasteiger charge is 2.21. The van der Waals surface area contributed by atoms with E-state index in [0.29, 0.717) is 0 Å². The van der Waals surface area contributed by atoms with Gasteiger partial charge in [-0.25, -0.2) is 0 Å². The third kappa shape index (κ3) is 4.35. The lowest BCUT2D eigenvalue weighted by Crippen LogP contribution is -2.29. The van der Waals surface area contributed by atoms with Crippen molar-refractivity contribution in [2.45, 2.75) is 44.6 Å². The molecule has 0 saturated carbocycles. The van der Waals surface area contributed by atoms with Crippen LogP contribution in [0.15, 0.2) is 25.3 Å². The highest BCUT2D eigenvalue weighted by Crippen LogP contribution is 2.22. The number of hydrogen-bond donors (Lipinski definition) is 0. The first-order chi connectivity index (χ1) is 5.68. The number of nitrogens with one attached hydrogen (secondary N) is 1. The Morgan fingerprint density at radius 3 is 2.08 bits per heavy atom. The van der Waals surface area contributed by atoms with E-state index >= 15 is 0 Å². The van der Waals surface area contributed by atoms with E-state index in [2.05, 4.69) is 20.1 Å². The molecule has 0 bridgehead atoms. The Kier molecular flexibility index (Phi) is 5.73.